The molecule has 0 spiro atoms. The summed E-state index contributed by atoms with van der Waals surface area (Å²) in [5, 5.41) is 0. The monoisotopic (exact) mass is 356 g/mol. The summed E-state index contributed by atoms with van der Waals surface area (Å²) in [4.78, 5) is 23.4. The Balaban J connectivity index is 1.79. The van der Waals surface area contributed by atoms with Crippen molar-refractivity contribution < 1.29 is 23.8 Å². The van der Waals surface area contributed by atoms with Crippen LogP contribution in [0.2, 0.25) is 0 Å². The van der Waals surface area contributed by atoms with Gasteiger partial charge in [-0.2, -0.15) is 0 Å². The minimum absolute atomic E-state index is 0.205. The molecule has 7 nitrogen and oxygen atoms in total. The van der Waals surface area contributed by atoms with Crippen molar-refractivity contribution in [3.63, 3.8) is 0 Å². The van der Waals surface area contributed by atoms with E-state index in [1.807, 2.05) is 6.07 Å². The van der Waals surface area contributed by atoms with Gasteiger partial charge in [0.25, 0.3) is 11.8 Å². The Kier molecular flexibility index (Phi) is 7.05. The van der Waals surface area contributed by atoms with Crippen LogP contribution < -0.4 is 25.1 Å². The first kappa shape index (κ1) is 18.9. The fourth-order valence-corrected chi connectivity index (χ4v) is 2.00. The van der Waals surface area contributed by atoms with Gasteiger partial charge in [0.1, 0.15) is 5.75 Å². The minimum atomic E-state index is -0.479. The number of benzene rings is 2. The molecule has 0 aromatic heterocycles. The standard InChI is InChI=1S/C19H20N2O5/c1-24-16-10-8-14(12-17(16)25-2)9-11-18(22)20-21-19(23)13-26-15-6-4-3-5-7-15/h3-12H,13H2,1-2H3,(H,20,22)(H,21,23)/b11-9+. The molecule has 0 aliphatic rings. The van der Waals surface area contributed by atoms with Gasteiger partial charge in [-0.25, -0.2) is 0 Å². The molecule has 0 aliphatic heterocycles. The first-order chi connectivity index (χ1) is 12.6. The Morgan fingerprint density at radius 2 is 1.69 bits per heavy atom. The number of carbonyl (C=O) groups excluding carboxylic acids is 2. The topological polar surface area (TPSA) is 85.9 Å². The summed E-state index contributed by atoms with van der Waals surface area (Å²) < 4.78 is 15.6. The first-order valence-corrected chi connectivity index (χ1v) is 7.79. The largest absolute Gasteiger partial charge is 0.493 e. The second-order valence-corrected chi connectivity index (χ2v) is 5.09. The molecule has 0 bridgehead atoms. The van der Waals surface area contributed by atoms with Crippen molar-refractivity contribution in [1.82, 2.24) is 10.9 Å². The highest BCUT2D eigenvalue weighted by atomic mass is 16.5. The quantitative estimate of drug-likeness (QED) is 0.585. The lowest BCUT2D eigenvalue weighted by atomic mass is 10.2. The van der Waals surface area contributed by atoms with Crippen LogP contribution in [0.15, 0.2) is 54.6 Å². The Labute approximate surface area is 151 Å². The lowest BCUT2D eigenvalue weighted by Gasteiger charge is -2.08. The maximum atomic E-state index is 11.8. The summed E-state index contributed by atoms with van der Waals surface area (Å²) in [6, 6.07) is 14.2. The maximum Gasteiger partial charge on any atom is 0.276 e. The van der Waals surface area contributed by atoms with Crippen LogP contribution in [0.4, 0.5) is 0 Å². The zero-order chi connectivity index (χ0) is 18.8. The average molecular weight is 356 g/mol. The van der Waals surface area contributed by atoms with Crippen LogP contribution in [-0.4, -0.2) is 32.6 Å². The second kappa shape index (κ2) is 9.73. The van der Waals surface area contributed by atoms with E-state index in [2.05, 4.69) is 10.9 Å². The first-order valence-electron chi connectivity index (χ1n) is 7.79. The van der Waals surface area contributed by atoms with E-state index < -0.39 is 11.8 Å². The van der Waals surface area contributed by atoms with E-state index in [9.17, 15) is 9.59 Å². The minimum Gasteiger partial charge on any atom is -0.493 e. The van der Waals surface area contributed by atoms with Crippen molar-refractivity contribution in [3.05, 3.63) is 60.2 Å². The predicted octanol–water partition coefficient (Wildman–Crippen LogP) is 1.94. The number of amides is 2. The zero-order valence-electron chi connectivity index (χ0n) is 14.5. The lowest BCUT2D eigenvalue weighted by Crippen LogP contribution is -2.43. The Morgan fingerprint density at radius 3 is 2.38 bits per heavy atom. The molecule has 2 aromatic rings. The molecule has 7 heteroatoms. The molecule has 0 unspecified atom stereocenters. The fourth-order valence-electron chi connectivity index (χ4n) is 2.00. The van der Waals surface area contributed by atoms with E-state index in [0.717, 1.165) is 5.56 Å². The molecular formula is C19H20N2O5. The molecule has 0 fully saturated rings. The summed E-state index contributed by atoms with van der Waals surface area (Å²) in [7, 11) is 3.08. The molecule has 0 atom stereocenters. The third-order valence-electron chi connectivity index (χ3n) is 3.27. The van der Waals surface area contributed by atoms with Crippen LogP contribution in [0, 0.1) is 0 Å². The van der Waals surface area contributed by atoms with Gasteiger partial charge in [0.15, 0.2) is 18.1 Å². The number of nitrogens with one attached hydrogen (secondary N) is 2. The van der Waals surface area contributed by atoms with Gasteiger partial charge in [-0.3, -0.25) is 20.4 Å². The summed E-state index contributed by atoms with van der Waals surface area (Å²) in [5.74, 6) is 0.776. The van der Waals surface area contributed by atoms with Gasteiger partial charge in [0.2, 0.25) is 0 Å². The van der Waals surface area contributed by atoms with E-state index >= 15 is 0 Å². The van der Waals surface area contributed by atoms with Gasteiger partial charge in [0.05, 0.1) is 14.2 Å². The number of methoxy groups -OCH3 is 2. The maximum absolute atomic E-state index is 11.8. The number of para-hydroxylation sites is 1. The molecule has 136 valence electrons. The number of hydrogen-bond donors (Lipinski definition) is 2. The summed E-state index contributed by atoms with van der Waals surface area (Å²) in [6.07, 6.45) is 2.88. The van der Waals surface area contributed by atoms with E-state index in [4.69, 9.17) is 14.2 Å². The van der Waals surface area contributed by atoms with Crippen molar-refractivity contribution in [1.29, 1.82) is 0 Å². The predicted molar refractivity (Wildman–Crippen MR) is 96.8 cm³/mol. The average Bonchev–Trinajstić information content (AvgIpc) is 2.69. The normalized spacial score (nSPS) is 10.2. The number of carbonyl (C=O) groups is 2. The highest BCUT2D eigenvalue weighted by Crippen LogP contribution is 2.27. The smallest absolute Gasteiger partial charge is 0.276 e. The Bertz CT molecular complexity index is 775. The van der Waals surface area contributed by atoms with Gasteiger partial charge >= 0.3 is 0 Å². The zero-order valence-corrected chi connectivity index (χ0v) is 14.5. The van der Waals surface area contributed by atoms with Crippen LogP contribution >= 0.6 is 0 Å². The van der Waals surface area contributed by atoms with Crippen molar-refractivity contribution in [2.75, 3.05) is 20.8 Å². The molecule has 0 heterocycles. The lowest BCUT2D eigenvalue weighted by molar-refractivity contribution is -0.128. The number of hydrogen-bond acceptors (Lipinski definition) is 5. The molecular weight excluding hydrogens is 336 g/mol. The number of rotatable bonds is 7. The molecule has 0 radical (unpaired) electrons. The van der Waals surface area contributed by atoms with Crippen molar-refractivity contribution in [2.24, 2.45) is 0 Å². The van der Waals surface area contributed by atoms with Gasteiger partial charge < -0.3 is 14.2 Å². The van der Waals surface area contributed by atoms with Gasteiger partial charge in [-0.1, -0.05) is 24.3 Å². The van der Waals surface area contributed by atoms with E-state index in [-0.39, 0.29) is 6.61 Å². The summed E-state index contributed by atoms with van der Waals surface area (Å²) >= 11 is 0. The van der Waals surface area contributed by atoms with Crippen molar-refractivity contribution in [3.8, 4) is 17.2 Å². The molecule has 2 rings (SSSR count). The fraction of sp³-hybridized carbons (Fsp3) is 0.158. The van der Waals surface area contributed by atoms with Crippen LogP contribution in [0.25, 0.3) is 6.08 Å². The van der Waals surface area contributed by atoms with Crippen LogP contribution in [0.3, 0.4) is 0 Å². The van der Waals surface area contributed by atoms with Crippen LogP contribution in [0.5, 0.6) is 17.2 Å². The molecule has 0 saturated carbocycles. The van der Waals surface area contributed by atoms with Crippen LogP contribution in [0.1, 0.15) is 5.56 Å². The van der Waals surface area contributed by atoms with Crippen molar-refractivity contribution >= 4 is 17.9 Å². The summed E-state index contributed by atoms with van der Waals surface area (Å²) in [5.41, 5.74) is 5.30. The molecule has 0 saturated heterocycles. The number of hydrazine groups is 1. The third kappa shape index (κ3) is 5.86. The van der Waals surface area contributed by atoms with Crippen molar-refractivity contribution in [2.45, 2.75) is 0 Å². The highest BCUT2D eigenvalue weighted by molar-refractivity contribution is 5.93. The van der Waals surface area contributed by atoms with E-state index in [1.54, 1.807) is 55.7 Å². The second-order valence-electron chi connectivity index (χ2n) is 5.09. The number of ether oxygens (including phenoxy) is 3. The molecule has 26 heavy (non-hydrogen) atoms. The van der Waals surface area contributed by atoms with Crippen LogP contribution in [-0.2, 0) is 9.59 Å². The van der Waals surface area contributed by atoms with Gasteiger partial charge in [0, 0.05) is 6.08 Å². The van der Waals surface area contributed by atoms with Gasteiger partial charge in [-0.15, -0.1) is 0 Å². The molecule has 2 N–H and O–H groups in total. The highest BCUT2D eigenvalue weighted by Gasteiger charge is 2.05. The third-order valence-corrected chi connectivity index (χ3v) is 3.27. The van der Waals surface area contributed by atoms with Gasteiger partial charge in [-0.05, 0) is 35.9 Å². The van der Waals surface area contributed by atoms with E-state index in [0.29, 0.717) is 17.2 Å². The molecule has 2 amide bonds. The molecule has 2 aromatic carbocycles. The SMILES string of the molecule is COc1ccc(/C=C/C(=O)NNC(=O)COc2ccccc2)cc1OC. The Hall–Kier alpha value is -3.48. The molecule has 0 aliphatic carbocycles. The van der Waals surface area contributed by atoms with E-state index in [1.165, 1.54) is 13.2 Å². The Morgan fingerprint density at radius 1 is 0.962 bits per heavy atom. The summed E-state index contributed by atoms with van der Waals surface area (Å²) in [6.45, 7) is -0.205.